The summed E-state index contributed by atoms with van der Waals surface area (Å²) in [5, 5.41) is 11.7. The number of carboxylic acids is 1. The van der Waals surface area contributed by atoms with Crippen molar-refractivity contribution >= 4 is 44.8 Å². The minimum Gasteiger partial charge on any atom is -0.478 e. The first-order chi connectivity index (χ1) is 9.92. The van der Waals surface area contributed by atoms with Gasteiger partial charge < -0.3 is 10.4 Å². The maximum Gasteiger partial charge on any atom is 0.335 e. The fourth-order valence-electron chi connectivity index (χ4n) is 1.92. The molecule has 1 amide bonds. The Morgan fingerprint density at radius 3 is 2.57 bits per heavy atom. The van der Waals surface area contributed by atoms with Gasteiger partial charge in [-0.2, -0.15) is 0 Å². The van der Waals surface area contributed by atoms with Gasteiger partial charge in [0.05, 0.1) is 16.1 Å². The van der Waals surface area contributed by atoms with Crippen molar-refractivity contribution in [2.45, 2.75) is 20.3 Å². The number of aromatic carboxylic acids is 1. The summed E-state index contributed by atoms with van der Waals surface area (Å²) in [6.07, 6.45) is 0.904. The summed E-state index contributed by atoms with van der Waals surface area (Å²) in [5.41, 5.74) is 1.84. The second-order valence-corrected chi connectivity index (χ2v) is 6.52. The number of anilines is 1. The van der Waals surface area contributed by atoms with E-state index in [-0.39, 0.29) is 11.5 Å². The lowest BCUT2D eigenvalue weighted by Gasteiger charge is -2.07. The molecule has 1 heterocycles. The van der Waals surface area contributed by atoms with Gasteiger partial charge >= 0.3 is 5.97 Å². The Bertz CT molecular complexity index is 709. The standard InChI is InChI=1S/C15H14BrNO3S/c1-3-12-8(2)6-13(21-12)14(18)17-11-5-4-9(15(19)20)7-10(11)16/h4-7H,3H2,1-2H3,(H,17,18)(H,19,20). The second kappa shape index (κ2) is 6.41. The van der Waals surface area contributed by atoms with Crippen molar-refractivity contribution in [2.75, 3.05) is 5.32 Å². The van der Waals surface area contributed by atoms with Crippen LogP contribution in [0.5, 0.6) is 0 Å². The van der Waals surface area contributed by atoms with Gasteiger partial charge in [0, 0.05) is 9.35 Å². The van der Waals surface area contributed by atoms with Crippen LogP contribution in [0.3, 0.4) is 0 Å². The normalized spacial score (nSPS) is 10.4. The van der Waals surface area contributed by atoms with E-state index in [1.54, 1.807) is 6.07 Å². The minimum atomic E-state index is -1.00. The highest BCUT2D eigenvalue weighted by Gasteiger charge is 2.14. The molecule has 0 aliphatic heterocycles. The molecule has 0 bridgehead atoms. The molecule has 0 fully saturated rings. The van der Waals surface area contributed by atoms with Crippen molar-refractivity contribution in [2.24, 2.45) is 0 Å². The van der Waals surface area contributed by atoms with E-state index in [1.165, 1.54) is 28.3 Å². The van der Waals surface area contributed by atoms with Crippen LogP contribution in [0.1, 0.15) is 37.4 Å². The molecule has 2 N–H and O–H groups in total. The van der Waals surface area contributed by atoms with E-state index in [2.05, 4.69) is 28.2 Å². The van der Waals surface area contributed by atoms with Crippen molar-refractivity contribution in [3.8, 4) is 0 Å². The Morgan fingerprint density at radius 2 is 2.05 bits per heavy atom. The number of carbonyl (C=O) groups excluding carboxylic acids is 1. The first-order valence-electron chi connectivity index (χ1n) is 6.36. The van der Waals surface area contributed by atoms with Gasteiger partial charge in [-0.05, 0) is 59.1 Å². The summed E-state index contributed by atoms with van der Waals surface area (Å²) in [4.78, 5) is 24.9. The van der Waals surface area contributed by atoms with Crippen molar-refractivity contribution in [1.82, 2.24) is 0 Å². The molecule has 2 aromatic rings. The summed E-state index contributed by atoms with van der Waals surface area (Å²) in [6.45, 7) is 4.05. The van der Waals surface area contributed by atoms with Crippen LogP contribution in [0.25, 0.3) is 0 Å². The van der Waals surface area contributed by atoms with Crippen LogP contribution in [-0.2, 0) is 6.42 Å². The number of nitrogens with one attached hydrogen (secondary N) is 1. The number of hydrogen-bond acceptors (Lipinski definition) is 3. The number of hydrogen-bond donors (Lipinski definition) is 2. The Kier molecular flexibility index (Phi) is 4.80. The quantitative estimate of drug-likeness (QED) is 0.844. The largest absolute Gasteiger partial charge is 0.478 e. The van der Waals surface area contributed by atoms with Crippen LogP contribution in [-0.4, -0.2) is 17.0 Å². The molecule has 0 aliphatic carbocycles. The van der Waals surface area contributed by atoms with Crippen molar-refractivity contribution in [1.29, 1.82) is 0 Å². The van der Waals surface area contributed by atoms with E-state index in [1.807, 2.05) is 13.0 Å². The lowest BCUT2D eigenvalue weighted by Crippen LogP contribution is -2.11. The maximum absolute atomic E-state index is 12.2. The van der Waals surface area contributed by atoms with E-state index < -0.39 is 5.97 Å². The van der Waals surface area contributed by atoms with E-state index in [9.17, 15) is 9.59 Å². The van der Waals surface area contributed by atoms with Crippen molar-refractivity contribution in [3.05, 3.63) is 49.6 Å². The molecule has 2 rings (SSSR count). The van der Waals surface area contributed by atoms with Crippen LogP contribution in [0.15, 0.2) is 28.7 Å². The van der Waals surface area contributed by atoms with Crippen molar-refractivity contribution < 1.29 is 14.7 Å². The molecule has 0 radical (unpaired) electrons. The third-order valence-corrected chi connectivity index (χ3v) is 5.07. The predicted octanol–water partition coefficient (Wildman–Crippen LogP) is 4.33. The van der Waals surface area contributed by atoms with E-state index in [4.69, 9.17) is 5.11 Å². The Morgan fingerprint density at radius 1 is 1.33 bits per heavy atom. The zero-order valence-electron chi connectivity index (χ0n) is 11.6. The summed E-state index contributed by atoms with van der Waals surface area (Å²) in [6, 6.07) is 6.37. The van der Waals surface area contributed by atoms with Gasteiger partial charge in [0.25, 0.3) is 5.91 Å². The molecule has 0 spiro atoms. The van der Waals surface area contributed by atoms with E-state index in [0.717, 1.165) is 12.0 Å². The fraction of sp³-hybridized carbons (Fsp3) is 0.200. The van der Waals surface area contributed by atoms with Gasteiger partial charge in [-0.15, -0.1) is 11.3 Å². The zero-order chi connectivity index (χ0) is 15.6. The molecular weight excluding hydrogens is 354 g/mol. The molecule has 6 heteroatoms. The predicted molar refractivity (Wildman–Crippen MR) is 87.5 cm³/mol. The topological polar surface area (TPSA) is 66.4 Å². The Hall–Kier alpha value is -1.66. The van der Waals surface area contributed by atoms with Gasteiger partial charge in [0.1, 0.15) is 0 Å². The fourth-order valence-corrected chi connectivity index (χ4v) is 3.40. The number of benzene rings is 1. The molecule has 21 heavy (non-hydrogen) atoms. The summed E-state index contributed by atoms with van der Waals surface area (Å²) in [5.74, 6) is -1.19. The summed E-state index contributed by atoms with van der Waals surface area (Å²) in [7, 11) is 0. The number of amides is 1. The van der Waals surface area contributed by atoms with Gasteiger partial charge in [-0.25, -0.2) is 4.79 Å². The number of carboxylic acid groups (broad SMARTS) is 1. The molecule has 110 valence electrons. The van der Waals surface area contributed by atoms with Gasteiger partial charge in [0.2, 0.25) is 0 Å². The zero-order valence-corrected chi connectivity index (χ0v) is 14.0. The van der Waals surface area contributed by atoms with Gasteiger partial charge in [-0.3, -0.25) is 4.79 Å². The third-order valence-electron chi connectivity index (χ3n) is 3.03. The van der Waals surface area contributed by atoms with Crippen molar-refractivity contribution in [3.63, 3.8) is 0 Å². The van der Waals surface area contributed by atoms with Crippen LogP contribution in [0, 0.1) is 6.92 Å². The number of rotatable bonds is 4. The molecule has 0 atom stereocenters. The molecule has 1 aromatic carbocycles. The summed E-state index contributed by atoms with van der Waals surface area (Å²) >= 11 is 4.75. The molecule has 0 unspecified atom stereocenters. The first kappa shape index (κ1) is 15.7. The number of aryl methyl sites for hydroxylation is 2. The Labute approximate surface area is 134 Å². The molecule has 0 aliphatic rings. The third kappa shape index (κ3) is 3.51. The maximum atomic E-state index is 12.2. The molecule has 0 saturated heterocycles. The molecule has 0 saturated carbocycles. The smallest absolute Gasteiger partial charge is 0.335 e. The van der Waals surface area contributed by atoms with Gasteiger partial charge in [-0.1, -0.05) is 6.92 Å². The summed E-state index contributed by atoms with van der Waals surface area (Å²) < 4.78 is 0.541. The minimum absolute atomic E-state index is 0.167. The average molecular weight is 368 g/mol. The highest BCUT2D eigenvalue weighted by atomic mass is 79.9. The average Bonchev–Trinajstić information content (AvgIpc) is 2.82. The van der Waals surface area contributed by atoms with Crippen LogP contribution in [0.2, 0.25) is 0 Å². The van der Waals surface area contributed by atoms with E-state index in [0.29, 0.717) is 15.0 Å². The number of thiophene rings is 1. The molecule has 4 nitrogen and oxygen atoms in total. The molecule has 1 aromatic heterocycles. The number of carbonyl (C=O) groups is 2. The lowest BCUT2D eigenvalue weighted by molar-refractivity contribution is 0.0696. The van der Waals surface area contributed by atoms with E-state index >= 15 is 0 Å². The highest BCUT2D eigenvalue weighted by molar-refractivity contribution is 9.10. The first-order valence-corrected chi connectivity index (χ1v) is 7.96. The second-order valence-electron chi connectivity index (χ2n) is 4.52. The Balaban J connectivity index is 2.21. The van der Waals surface area contributed by atoms with Crippen LogP contribution >= 0.6 is 27.3 Å². The monoisotopic (exact) mass is 367 g/mol. The van der Waals surface area contributed by atoms with Crippen LogP contribution < -0.4 is 5.32 Å². The van der Waals surface area contributed by atoms with Gasteiger partial charge in [0.15, 0.2) is 0 Å². The van der Waals surface area contributed by atoms with Crippen LogP contribution in [0.4, 0.5) is 5.69 Å². The molecular formula is C15H14BrNO3S. The highest BCUT2D eigenvalue weighted by Crippen LogP contribution is 2.27. The lowest BCUT2D eigenvalue weighted by atomic mass is 10.2. The number of halogens is 1. The SMILES string of the molecule is CCc1sc(C(=O)Nc2ccc(C(=O)O)cc2Br)cc1C.